The van der Waals surface area contributed by atoms with Gasteiger partial charge in [-0.05, 0) is 37.3 Å². The van der Waals surface area contributed by atoms with E-state index in [1.54, 1.807) is 22.4 Å². The zero-order valence-corrected chi connectivity index (χ0v) is 18.7. The zero-order valence-electron chi connectivity index (χ0n) is 17.0. The highest BCUT2D eigenvalue weighted by Crippen LogP contribution is 2.37. The van der Waals surface area contributed by atoms with Crippen molar-refractivity contribution in [2.24, 2.45) is 0 Å². The molecule has 5 rings (SSSR count). The molecule has 2 aliphatic heterocycles. The third-order valence-corrected chi connectivity index (χ3v) is 7.29. The molecule has 1 aromatic heterocycles. The second kappa shape index (κ2) is 7.99. The first kappa shape index (κ1) is 20.6. The molecule has 1 amide bonds. The van der Waals surface area contributed by atoms with Crippen LogP contribution in [0.3, 0.4) is 0 Å². The predicted molar refractivity (Wildman–Crippen MR) is 119 cm³/mol. The van der Waals surface area contributed by atoms with E-state index in [9.17, 15) is 13.2 Å². The second-order valence-corrected chi connectivity index (χ2v) is 9.60. The van der Waals surface area contributed by atoms with Crippen LogP contribution in [0.2, 0.25) is 0 Å². The van der Waals surface area contributed by atoms with Gasteiger partial charge in [-0.15, -0.1) is 11.3 Å². The summed E-state index contributed by atoms with van der Waals surface area (Å²) in [6.07, 6.45) is 0. The fourth-order valence-corrected chi connectivity index (χ4v) is 5.51. The SMILES string of the molecule is CCN1C(=O)COc2ccc(-c3csc(NS(=O)(=O)c4ccc5c(c4)OCCO5)n3)cc21. The number of thiazole rings is 1. The van der Waals surface area contributed by atoms with Gasteiger partial charge in [-0.2, -0.15) is 0 Å². The number of carbonyl (C=O) groups is 1. The van der Waals surface area contributed by atoms with Crippen LogP contribution in [0.5, 0.6) is 17.2 Å². The number of sulfonamides is 1. The molecule has 0 aliphatic carbocycles. The molecule has 166 valence electrons. The Kier molecular flexibility index (Phi) is 5.14. The Morgan fingerprint density at radius 3 is 2.66 bits per heavy atom. The first-order valence-electron chi connectivity index (χ1n) is 9.90. The number of aromatic nitrogens is 1. The Labute approximate surface area is 188 Å². The van der Waals surface area contributed by atoms with Crippen molar-refractivity contribution in [3.63, 3.8) is 0 Å². The van der Waals surface area contributed by atoms with E-state index in [0.29, 0.717) is 48.4 Å². The van der Waals surface area contributed by atoms with E-state index in [-0.39, 0.29) is 22.5 Å². The molecule has 3 heterocycles. The number of hydrogen-bond acceptors (Lipinski definition) is 8. The summed E-state index contributed by atoms with van der Waals surface area (Å²) in [6.45, 7) is 3.23. The minimum absolute atomic E-state index is 0.0165. The number of hydrogen-bond donors (Lipinski definition) is 1. The van der Waals surface area contributed by atoms with Crippen molar-refractivity contribution in [2.45, 2.75) is 11.8 Å². The van der Waals surface area contributed by atoms with Crippen molar-refractivity contribution < 1.29 is 27.4 Å². The predicted octanol–water partition coefficient (Wildman–Crippen LogP) is 3.13. The maximum absolute atomic E-state index is 12.8. The number of rotatable bonds is 5. The van der Waals surface area contributed by atoms with Gasteiger partial charge in [-0.25, -0.2) is 13.4 Å². The van der Waals surface area contributed by atoms with Gasteiger partial charge in [0.2, 0.25) is 0 Å². The van der Waals surface area contributed by atoms with Gasteiger partial charge < -0.3 is 19.1 Å². The highest BCUT2D eigenvalue weighted by Gasteiger charge is 2.25. The van der Waals surface area contributed by atoms with E-state index < -0.39 is 10.0 Å². The summed E-state index contributed by atoms with van der Waals surface area (Å²) in [4.78, 5) is 18.3. The first-order valence-corrected chi connectivity index (χ1v) is 12.3. The molecule has 0 saturated carbocycles. The van der Waals surface area contributed by atoms with E-state index in [2.05, 4.69) is 9.71 Å². The lowest BCUT2D eigenvalue weighted by Gasteiger charge is -2.28. The monoisotopic (exact) mass is 473 g/mol. The van der Waals surface area contributed by atoms with Crippen molar-refractivity contribution in [2.75, 3.05) is 36.0 Å². The number of nitrogens with one attached hydrogen (secondary N) is 1. The molecule has 3 aromatic rings. The van der Waals surface area contributed by atoms with Gasteiger partial charge >= 0.3 is 0 Å². The smallest absolute Gasteiger partial charge is 0.265 e. The van der Waals surface area contributed by atoms with Crippen molar-refractivity contribution in [1.29, 1.82) is 0 Å². The minimum Gasteiger partial charge on any atom is -0.486 e. The number of carbonyl (C=O) groups excluding carboxylic acids is 1. The van der Waals surface area contributed by atoms with E-state index in [4.69, 9.17) is 14.2 Å². The van der Waals surface area contributed by atoms with Crippen molar-refractivity contribution >= 4 is 38.1 Å². The summed E-state index contributed by atoms with van der Waals surface area (Å²) in [6, 6.07) is 9.92. The molecule has 2 aliphatic rings. The molecule has 0 atom stereocenters. The summed E-state index contributed by atoms with van der Waals surface area (Å²) in [5.74, 6) is 1.43. The summed E-state index contributed by atoms with van der Waals surface area (Å²) in [5, 5.41) is 1.98. The summed E-state index contributed by atoms with van der Waals surface area (Å²) in [7, 11) is -3.86. The molecular weight excluding hydrogens is 454 g/mol. The van der Waals surface area contributed by atoms with Gasteiger partial charge in [0.15, 0.2) is 23.2 Å². The second-order valence-electron chi connectivity index (χ2n) is 7.06. The lowest BCUT2D eigenvalue weighted by molar-refractivity contribution is -0.121. The third kappa shape index (κ3) is 3.73. The fraction of sp³-hybridized carbons (Fsp3) is 0.238. The highest BCUT2D eigenvalue weighted by atomic mass is 32.2. The zero-order chi connectivity index (χ0) is 22.3. The maximum atomic E-state index is 12.8. The Morgan fingerprint density at radius 2 is 1.84 bits per heavy atom. The van der Waals surface area contributed by atoms with Gasteiger partial charge in [-0.1, -0.05) is 0 Å². The van der Waals surface area contributed by atoms with E-state index in [1.807, 2.05) is 19.1 Å². The van der Waals surface area contributed by atoms with Crippen LogP contribution in [0.15, 0.2) is 46.7 Å². The van der Waals surface area contributed by atoms with Gasteiger partial charge in [0.1, 0.15) is 19.0 Å². The molecule has 32 heavy (non-hydrogen) atoms. The number of amides is 1. The normalized spacial score (nSPS) is 15.2. The van der Waals surface area contributed by atoms with E-state index >= 15 is 0 Å². The Hall–Kier alpha value is -3.31. The summed E-state index contributed by atoms with van der Waals surface area (Å²) in [5.41, 5.74) is 2.01. The molecular formula is C21H19N3O6S2. The third-order valence-electron chi connectivity index (χ3n) is 5.06. The average Bonchev–Trinajstić information content (AvgIpc) is 3.26. The molecule has 11 heteroatoms. The molecule has 0 spiro atoms. The fourth-order valence-electron chi connectivity index (χ4n) is 3.53. The van der Waals surface area contributed by atoms with Crippen LogP contribution in [0.25, 0.3) is 11.3 Å². The van der Waals surface area contributed by atoms with E-state index in [1.165, 1.54) is 23.5 Å². The molecule has 0 radical (unpaired) electrons. The average molecular weight is 474 g/mol. The van der Waals surface area contributed by atoms with Gasteiger partial charge in [-0.3, -0.25) is 9.52 Å². The van der Waals surface area contributed by atoms with Crippen LogP contribution in [-0.4, -0.2) is 45.7 Å². The highest BCUT2D eigenvalue weighted by molar-refractivity contribution is 7.93. The standard InChI is InChI=1S/C21H19N3O6S2/c1-2-24-16-9-13(3-5-17(16)30-11-20(24)25)15-12-31-21(22-15)23-32(26,27)14-4-6-18-19(10-14)29-8-7-28-18/h3-6,9-10,12H,2,7-8,11H2,1H3,(H,22,23). The number of ether oxygens (including phenoxy) is 3. The molecule has 9 nitrogen and oxygen atoms in total. The summed E-state index contributed by atoms with van der Waals surface area (Å²) < 4.78 is 44.6. The number of nitrogens with zero attached hydrogens (tertiary/aromatic N) is 2. The van der Waals surface area contributed by atoms with E-state index in [0.717, 1.165) is 5.56 Å². The van der Waals surface area contributed by atoms with Gasteiger partial charge in [0.25, 0.3) is 15.9 Å². The molecule has 0 fully saturated rings. The Balaban J connectivity index is 1.40. The maximum Gasteiger partial charge on any atom is 0.265 e. The van der Waals surface area contributed by atoms with Crippen molar-refractivity contribution in [3.05, 3.63) is 41.8 Å². The molecule has 0 bridgehead atoms. The van der Waals surface area contributed by atoms with Crippen LogP contribution in [-0.2, 0) is 14.8 Å². The lowest BCUT2D eigenvalue weighted by Crippen LogP contribution is -2.38. The van der Waals surface area contributed by atoms with Crippen LogP contribution in [0, 0.1) is 0 Å². The number of anilines is 2. The minimum atomic E-state index is -3.86. The quantitative estimate of drug-likeness (QED) is 0.607. The molecule has 0 saturated heterocycles. The lowest BCUT2D eigenvalue weighted by atomic mass is 10.1. The topological polar surface area (TPSA) is 107 Å². The Morgan fingerprint density at radius 1 is 1.06 bits per heavy atom. The van der Waals surface area contributed by atoms with Crippen LogP contribution >= 0.6 is 11.3 Å². The van der Waals surface area contributed by atoms with Crippen LogP contribution < -0.4 is 23.8 Å². The Bertz CT molecular complexity index is 1300. The van der Waals surface area contributed by atoms with Crippen LogP contribution in [0.4, 0.5) is 10.8 Å². The van der Waals surface area contributed by atoms with Gasteiger partial charge in [0, 0.05) is 23.6 Å². The number of likely N-dealkylation sites (N-methyl/N-ethyl adjacent to an activating group) is 1. The van der Waals surface area contributed by atoms with Crippen molar-refractivity contribution in [1.82, 2.24) is 4.98 Å². The molecule has 1 N–H and O–H groups in total. The van der Waals surface area contributed by atoms with Crippen molar-refractivity contribution in [3.8, 4) is 28.5 Å². The first-order chi connectivity index (χ1) is 15.4. The molecule has 2 aromatic carbocycles. The van der Waals surface area contributed by atoms with Crippen LogP contribution in [0.1, 0.15) is 6.92 Å². The van der Waals surface area contributed by atoms with Gasteiger partial charge in [0.05, 0.1) is 16.3 Å². The number of benzene rings is 2. The summed E-state index contributed by atoms with van der Waals surface area (Å²) >= 11 is 1.17. The largest absolute Gasteiger partial charge is 0.486 e. The molecule has 0 unspecified atom stereocenters. The number of fused-ring (bicyclic) bond motifs is 2.